The minimum absolute atomic E-state index is 0.151. The van der Waals surface area contributed by atoms with E-state index in [1.54, 1.807) is 12.1 Å². The number of hydrogen-bond acceptors (Lipinski definition) is 4. The molecule has 1 aliphatic heterocycles. The molecule has 1 N–H and O–H groups in total. The summed E-state index contributed by atoms with van der Waals surface area (Å²) < 4.78 is 16.0. The van der Waals surface area contributed by atoms with Crippen LogP contribution in [0.5, 0.6) is 0 Å². The highest BCUT2D eigenvalue weighted by atomic mass is 32.2. The van der Waals surface area contributed by atoms with Crippen molar-refractivity contribution in [2.75, 3.05) is 0 Å². The van der Waals surface area contributed by atoms with Gasteiger partial charge in [0.15, 0.2) is 5.16 Å². The quantitative estimate of drug-likeness (QED) is 0.945. The lowest BCUT2D eigenvalue weighted by molar-refractivity contribution is 0.281. The van der Waals surface area contributed by atoms with Crippen molar-refractivity contribution in [1.82, 2.24) is 14.8 Å². The van der Waals surface area contributed by atoms with Gasteiger partial charge in [-0.15, -0.1) is 10.2 Å². The third-order valence-electron chi connectivity index (χ3n) is 3.46. The molecule has 0 saturated heterocycles. The lowest BCUT2D eigenvalue weighted by Crippen LogP contribution is -2.02. The van der Waals surface area contributed by atoms with Crippen molar-refractivity contribution in [3.63, 3.8) is 0 Å². The second kappa shape index (κ2) is 5.93. The molecule has 0 saturated carbocycles. The first-order valence-corrected chi connectivity index (χ1v) is 7.59. The molecule has 1 aromatic carbocycles. The zero-order valence-electron chi connectivity index (χ0n) is 11.0. The second-order valence-corrected chi connectivity index (χ2v) is 5.90. The van der Waals surface area contributed by atoms with Gasteiger partial charge in [-0.1, -0.05) is 12.5 Å². The van der Waals surface area contributed by atoms with Gasteiger partial charge < -0.3 is 9.67 Å². The summed E-state index contributed by atoms with van der Waals surface area (Å²) in [6.07, 6.45) is 4.40. The number of hydrogen-bond donors (Lipinski definition) is 1. The molecule has 2 heterocycles. The normalized spacial score (nSPS) is 14.9. The second-order valence-electron chi connectivity index (χ2n) is 4.89. The Hall–Kier alpha value is -1.40. The van der Waals surface area contributed by atoms with Crippen LogP contribution in [0.25, 0.3) is 0 Å². The minimum atomic E-state index is -0.326. The number of rotatable bonds is 3. The van der Waals surface area contributed by atoms with Crippen molar-refractivity contribution >= 4 is 11.8 Å². The van der Waals surface area contributed by atoms with E-state index in [0.29, 0.717) is 10.5 Å². The van der Waals surface area contributed by atoms with E-state index in [1.807, 2.05) is 0 Å². The van der Waals surface area contributed by atoms with Crippen LogP contribution in [0, 0.1) is 5.82 Å². The Kier molecular flexibility index (Phi) is 4.03. The average Bonchev–Trinajstić information content (AvgIpc) is 2.69. The van der Waals surface area contributed by atoms with Gasteiger partial charge in [-0.05, 0) is 42.3 Å². The Labute approximate surface area is 121 Å². The van der Waals surface area contributed by atoms with Crippen molar-refractivity contribution in [2.24, 2.45) is 0 Å². The van der Waals surface area contributed by atoms with Gasteiger partial charge >= 0.3 is 0 Å². The van der Waals surface area contributed by atoms with Gasteiger partial charge in [-0.3, -0.25) is 0 Å². The third-order valence-corrected chi connectivity index (χ3v) is 4.49. The lowest BCUT2D eigenvalue weighted by Gasteiger charge is -2.07. The fraction of sp³-hybridized carbons (Fsp3) is 0.429. The molecule has 1 aromatic heterocycles. The summed E-state index contributed by atoms with van der Waals surface area (Å²) in [5.74, 6) is 0.671. The van der Waals surface area contributed by atoms with Crippen LogP contribution in [0.1, 0.15) is 30.7 Å². The number of nitrogens with zero attached hydrogens (tertiary/aromatic N) is 3. The Balaban J connectivity index is 1.86. The van der Waals surface area contributed by atoms with E-state index in [4.69, 9.17) is 5.11 Å². The van der Waals surface area contributed by atoms with Crippen molar-refractivity contribution in [3.05, 3.63) is 35.4 Å². The van der Waals surface area contributed by atoms with Gasteiger partial charge in [0.1, 0.15) is 11.6 Å². The van der Waals surface area contributed by atoms with Crippen LogP contribution in [0.15, 0.2) is 28.3 Å². The van der Waals surface area contributed by atoms with E-state index < -0.39 is 0 Å². The molecule has 0 bridgehead atoms. The van der Waals surface area contributed by atoms with E-state index in [0.717, 1.165) is 36.8 Å². The maximum absolute atomic E-state index is 14.0. The molecule has 106 valence electrons. The van der Waals surface area contributed by atoms with Crippen LogP contribution in [0.2, 0.25) is 0 Å². The van der Waals surface area contributed by atoms with Gasteiger partial charge in [0, 0.05) is 13.0 Å². The molecule has 3 rings (SSSR count). The number of aryl methyl sites for hydroxylation is 1. The maximum Gasteiger partial charge on any atom is 0.196 e. The van der Waals surface area contributed by atoms with Crippen LogP contribution in [0.3, 0.4) is 0 Å². The molecule has 2 aromatic rings. The Morgan fingerprint density at radius 1 is 1.25 bits per heavy atom. The number of aliphatic hydroxyl groups is 1. The largest absolute Gasteiger partial charge is 0.392 e. The highest BCUT2D eigenvalue weighted by molar-refractivity contribution is 7.99. The molecular formula is C14H16FN3OS. The predicted octanol–water partition coefficient (Wildman–Crippen LogP) is 2.79. The van der Waals surface area contributed by atoms with Crippen LogP contribution in [-0.2, 0) is 19.6 Å². The van der Waals surface area contributed by atoms with Gasteiger partial charge in [0.05, 0.1) is 11.5 Å². The summed E-state index contributed by atoms with van der Waals surface area (Å²) in [6.45, 7) is 0.753. The zero-order valence-corrected chi connectivity index (χ0v) is 11.9. The molecule has 1 aliphatic rings. The van der Waals surface area contributed by atoms with E-state index in [9.17, 15) is 4.39 Å². The van der Waals surface area contributed by atoms with Crippen LogP contribution in [-0.4, -0.2) is 19.9 Å². The maximum atomic E-state index is 14.0. The number of fused-ring (bicyclic) bond motifs is 1. The summed E-state index contributed by atoms with van der Waals surface area (Å²) >= 11 is 1.30. The predicted molar refractivity (Wildman–Crippen MR) is 74.0 cm³/mol. The number of benzene rings is 1. The summed E-state index contributed by atoms with van der Waals surface area (Å²) in [6, 6.07) is 4.77. The lowest BCUT2D eigenvalue weighted by atomic mass is 10.2. The fourth-order valence-electron chi connectivity index (χ4n) is 2.36. The summed E-state index contributed by atoms with van der Waals surface area (Å²) in [5, 5.41) is 18.1. The smallest absolute Gasteiger partial charge is 0.196 e. The zero-order chi connectivity index (χ0) is 13.9. The molecule has 0 atom stereocenters. The Bertz CT molecular complexity index is 614. The molecule has 6 heteroatoms. The Morgan fingerprint density at radius 2 is 2.15 bits per heavy atom. The Morgan fingerprint density at radius 3 is 2.95 bits per heavy atom. The monoisotopic (exact) mass is 293 g/mol. The summed E-state index contributed by atoms with van der Waals surface area (Å²) in [5.41, 5.74) is 0.576. The molecule has 0 spiro atoms. The van der Waals surface area contributed by atoms with Gasteiger partial charge in [0.25, 0.3) is 0 Å². The highest BCUT2D eigenvalue weighted by Gasteiger charge is 2.16. The van der Waals surface area contributed by atoms with Crippen molar-refractivity contribution in [1.29, 1.82) is 0 Å². The first-order valence-electron chi connectivity index (χ1n) is 6.77. The van der Waals surface area contributed by atoms with Gasteiger partial charge in [-0.2, -0.15) is 0 Å². The van der Waals surface area contributed by atoms with E-state index in [-0.39, 0.29) is 12.4 Å². The molecule has 0 amide bonds. The van der Waals surface area contributed by atoms with Crippen LogP contribution >= 0.6 is 11.8 Å². The van der Waals surface area contributed by atoms with Gasteiger partial charge in [-0.25, -0.2) is 4.39 Å². The SMILES string of the molecule is OCc1ccc(Sc2nnc3n2CCCCC3)c(F)c1. The molecule has 0 fully saturated rings. The molecule has 0 aliphatic carbocycles. The summed E-state index contributed by atoms with van der Waals surface area (Å²) in [7, 11) is 0. The van der Waals surface area contributed by atoms with E-state index >= 15 is 0 Å². The topological polar surface area (TPSA) is 50.9 Å². The minimum Gasteiger partial charge on any atom is -0.392 e. The van der Waals surface area contributed by atoms with Gasteiger partial charge in [0.2, 0.25) is 0 Å². The average molecular weight is 293 g/mol. The standard InChI is InChI=1S/C14H16FN3OS/c15-11-8-10(9-19)5-6-12(11)20-14-17-16-13-4-2-1-3-7-18(13)14/h5-6,8,19H,1-4,7,9H2. The number of halogens is 1. The molecule has 0 radical (unpaired) electrons. The first kappa shape index (κ1) is 13.6. The summed E-state index contributed by atoms with van der Waals surface area (Å²) in [4.78, 5) is 0.515. The fourth-order valence-corrected chi connectivity index (χ4v) is 3.24. The van der Waals surface area contributed by atoms with Crippen LogP contribution in [0.4, 0.5) is 4.39 Å². The molecule has 0 unspecified atom stereocenters. The van der Waals surface area contributed by atoms with Crippen LogP contribution < -0.4 is 0 Å². The molecule has 4 nitrogen and oxygen atoms in total. The van der Waals surface area contributed by atoms with Crippen molar-refractivity contribution in [2.45, 2.75) is 48.9 Å². The highest BCUT2D eigenvalue weighted by Crippen LogP contribution is 2.30. The number of aromatic nitrogens is 3. The van der Waals surface area contributed by atoms with E-state index in [2.05, 4.69) is 14.8 Å². The molecule has 20 heavy (non-hydrogen) atoms. The molecular weight excluding hydrogens is 277 g/mol. The number of aliphatic hydroxyl groups excluding tert-OH is 1. The van der Waals surface area contributed by atoms with E-state index in [1.165, 1.54) is 24.2 Å². The first-order chi connectivity index (χ1) is 9.78. The third kappa shape index (κ3) is 2.71. The van der Waals surface area contributed by atoms with Crippen molar-refractivity contribution < 1.29 is 9.50 Å². The van der Waals surface area contributed by atoms with Crippen molar-refractivity contribution in [3.8, 4) is 0 Å².